The van der Waals surface area contributed by atoms with Crippen LogP contribution in [0.3, 0.4) is 0 Å². The molecule has 0 saturated heterocycles. The maximum atomic E-state index is 13.2. The van der Waals surface area contributed by atoms with Crippen molar-refractivity contribution in [2.24, 2.45) is 0 Å². The van der Waals surface area contributed by atoms with Crippen LogP contribution < -0.4 is 4.74 Å². The highest BCUT2D eigenvalue weighted by Crippen LogP contribution is 2.29. The van der Waals surface area contributed by atoms with Crippen LogP contribution in [-0.2, 0) is 4.79 Å². The molecular weight excluding hydrogens is 249 g/mol. The van der Waals surface area contributed by atoms with Crippen molar-refractivity contribution in [3.8, 4) is 5.75 Å². The van der Waals surface area contributed by atoms with Crippen LogP contribution in [0.25, 0.3) is 0 Å². The molecule has 0 N–H and O–H groups in total. The van der Waals surface area contributed by atoms with Crippen LogP contribution in [0.4, 0.5) is 4.39 Å². The second kappa shape index (κ2) is 5.38. The fraction of sp³-hybridized carbons (Fsp3) is 0.429. The standard InChI is InChI=1S/C14H16FNO3/c1-3-16(4-2)14(18)13-8-11(17)10-6-5-9(15)7-12(10)19-13/h5-7,13H,3-4,8H2,1-2H3. The fourth-order valence-corrected chi connectivity index (χ4v) is 2.17. The molecule has 1 aliphatic rings. The maximum Gasteiger partial charge on any atom is 0.264 e. The van der Waals surface area contributed by atoms with Gasteiger partial charge in [-0.25, -0.2) is 4.39 Å². The third kappa shape index (κ3) is 2.59. The van der Waals surface area contributed by atoms with Gasteiger partial charge in [-0.1, -0.05) is 0 Å². The van der Waals surface area contributed by atoms with Gasteiger partial charge in [0.1, 0.15) is 11.6 Å². The number of halogens is 1. The van der Waals surface area contributed by atoms with Crippen LogP contribution in [-0.4, -0.2) is 35.8 Å². The van der Waals surface area contributed by atoms with Gasteiger partial charge in [-0.05, 0) is 26.0 Å². The number of carbonyl (C=O) groups is 2. The third-order valence-electron chi connectivity index (χ3n) is 3.23. The Labute approximate surface area is 111 Å². The van der Waals surface area contributed by atoms with E-state index in [1.807, 2.05) is 13.8 Å². The number of benzene rings is 1. The van der Waals surface area contributed by atoms with E-state index < -0.39 is 11.9 Å². The minimum atomic E-state index is -0.846. The molecule has 0 aliphatic carbocycles. The Hall–Kier alpha value is -1.91. The van der Waals surface area contributed by atoms with Gasteiger partial charge in [0, 0.05) is 19.2 Å². The number of ketones is 1. The van der Waals surface area contributed by atoms with E-state index in [2.05, 4.69) is 0 Å². The number of likely N-dealkylation sites (N-methyl/N-ethyl adjacent to an activating group) is 1. The quantitative estimate of drug-likeness (QED) is 0.840. The highest BCUT2D eigenvalue weighted by atomic mass is 19.1. The summed E-state index contributed by atoms with van der Waals surface area (Å²) >= 11 is 0. The summed E-state index contributed by atoms with van der Waals surface area (Å²) in [5.74, 6) is -0.746. The van der Waals surface area contributed by atoms with Crippen LogP contribution in [0.1, 0.15) is 30.6 Å². The Morgan fingerprint density at radius 2 is 2.11 bits per heavy atom. The SMILES string of the molecule is CCN(CC)C(=O)C1CC(=O)c2ccc(F)cc2O1. The zero-order valence-corrected chi connectivity index (χ0v) is 11.0. The summed E-state index contributed by atoms with van der Waals surface area (Å²) in [4.78, 5) is 25.7. The molecule has 1 amide bonds. The molecule has 4 nitrogen and oxygen atoms in total. The van der Waals surface area contributed by atoms with Crippen molar-refractivity contribution in [1.82, 2.24) is 4.90 Å². The summed E-state index contributed by atoms with van der Waals surface area (Å²) in [5, 5.41) is 0. The second-order valence-corrected chi connectivity index (χ2v) is 4.38. The van der Waals surface area contributed by atoms with E-state index in [4.69, 9.17) is 4.74 Å². The molecule has 5 heteroatoms. The first kappa shape index (κ1) is 13.5. The molecule has 102 valence electrons. The summed E-state index contributed by atoms with van der Waals surface area (Å²) in [6, 6.07) is 3.76. The lowest BCUT2D eigenvalue weighted by molar-refractivity contribution is -0.138. The first-order chi connectivity index (χ1) is 9.06. The molecule has 0 radical (unpaired) electrons. The van der Waals surface area contributed by atoms with Gasteiger partial charge in [-0.3, -0.25) is 9.59 Å². The van der Waals surface area contributed by atoms with Crippen molar-refractivity contribution in [2.45, 2.75) is 26.4 Å². The summed E-state index contributed by atoms with van der Waals surface area (Å²) in [6.07, 6.45) is -0.838. The summed E-state index contributed by atoms with van der Waals surface area (Å²) in [6.45, 7) is 4.83. The predicted octanol–water partition coefficient (Wildman–Crippen LogP) is 2.03. The maximum absolute atomic E-state index is 13.2. The molecule has 1 aromatic rings. The summed E-state index contributed by atoms with van der Waals surface area (Å²) in [7, 11) is 0. The van der Waals surface area contributed by atoms with E-state index in [9.17, 15) is 14.0 Å². The van der Waals surface area contributed by atoms with Crippen molar-refractivity contribution < 1.29 is 18.7 Å². The van der Waals surface area contributed by atoms with Crippen LogP contribution in [0, 0.1) is 5.82 Å². The van der Waals surface area contributed by atoms with Crippen molar-refractivity contribution in [3.63, 3.8) is 0 Å². The zero-order valence-electron chi connectivity index (χ0n) is 11.0. The second-order valence-electron chi connectivity index (χ2n) is 4.38. The number of hydrogen-bond acceptors (Lipinski definition) is 3. The molecule has 0 bridgehead atoms. The highest BCUT2D eigenvalue weighted by Gasteiger charge is 2.33. The largest absolute Gasteiger partial charge is 0.479 e. The van der Waals surface area contributed by atoms with Crippen molar-refractivity contribution >= 4 is 11.7 Å². The molecule has 0 fully saturated rings. The number of fused-ring (bicyclic) bond motifs is 1. The molecule has 0 spiro atoms. The van der Waals surface area contributed by atoms with Crippen LogP contribution in [0.15, 0.2) is 18.2 Å². The molecule has 2 rings (SSSR count). The molecule has 1 aromatic carbocycles. The number of amides is 1. The van der Waals surface area contributed by atoms with E-state index in [1.165, 1.54) is 12.1 Å². The summed E-state index contributed by atoms with van der Waals surface area (Å²) < 4.78 is 18.6. The highest BCUT2D eigenvalue weighted by molar-refractivity contribution is 6.03. The van der Waals surface area contributed by atoms with Crippen molar-refractivity contribution in [1.29, 1.82) is 0 Å². The minimum absolute atomic E-state index is 0.00790. The lowest BCUT2D eigenvalue weighted by Crippen LogP contribution is -2.44. The Kier molecular flexibility index (Phi) is 3.83. The van der Waals surface area contributed by atoms with Gasteiger partial charge in [0.05, 0.1) is 12.0 Å². The number of rotatable bonds is 3. The Balaban J connectivity index is 2.25. The van der Waals surface area contributed by atoms with Gasteiger partial charge >= 0.3 is 0 Å². The first-order valence-corrected chi connectivity index (χ1v) is 6.35. The van der Waals surface area contributed by atoms with Gasteiger partial charge in [0.2, 0.25) is 0 Å². The molecule has 1 heterocycles. The number of ether oxygens (including phenoxy) is 1. The molecule has 1 unspecified atom stereocenters. The molecular formula is C14H16FNO3. The molecule has 19 heavy (non-hydrogen) atoms. The monoisotopic (exact) mass is 265 g/mol. The summed E-state index contributed by atoms with van der Waals surface area (Å²) in [5.41, 5.74) is 0.338. The van der Waals surface area contributed by atoms with Crippen LogP contribution in [0.5, 0.6) is 5.75 Å². The molecule has 1 atom stereocenters. The van der Waals surface area contributed by atoms with Crippen LogP contribution in [0.2, 0.25) is 0 Å². The van der Waals surface area contributed by atoms with Gasteiger partial charge in [0.25, 0.3) is 5.91 Å². The Bertz CT molecular complexity index is 511. The zero-order chi connectivity index (χ0) is 14.0. The van der Waals surface area contributed by atoms with E-state index >= 15 is 0 Å². The first-order valence-electron chi connectivity index (χ1n) is 6.35. The van der Waals surface area contributed by atoms with Gasteiger partial charge in [-0.2, -0.15) is 0 Å². The normalized spacial score (nSPS) is 17.6. The van der Waals surface area contributed by atoms with E-state index in [1.54, 1.807) is 4.90 Å². The van der Waals surface area contributed by atoms with Crippen LogP contribution >= 0.6 is 0 Å². The third-order valence-corrected chi connectivity index (χ3v) is 3.23. The number of nitrogens with zero attached hydrogens (tertiary/aromatic N) is 1. The van der Waals surface area contributed by atoms with Gasteiger partial charge in [-0.15, -0.1) is 0 Å². The average molecular weight is 265 g/mol. The minimum Gasteiger partial charge on any atom is -0.479 e. The molecule has 1 aliphatic heterocycles. The number of Topliss-reactive ketones (excluding diaryl/α,β-unsaturated/α-hetero) is 1. The molecule has 0 aromatic heterocycles. The molecule has 0 saturated carbocycles. The van der Waals surface area contributed by atoms with E-state index in [0.29, 0.717) is 18.7 Å². The lowest BCUT2D eigenvalue weighted by atomic mass is 10.00. The van der Waals surface area contributed by atoms with Gasteiger partial charge in [0.15, 0.2) is 11.9 Å². The topological polar surface area (TPSA) is 46.6 Å². The Morgan fingerprint density at radius 1 is 1.42 bits per heavy atom. The number of hydrogen-bond donors (Lipinski definition) is 0. The van der Waals surface area contributed by atoms with E-state index in [0.717, 1.165) is 6.07 Å². The lowest BCUT2D eigenvalue weighted by Gasteiger charge is -2.28. The Morgan fingerprint density at radius 3 is 2.74 bits per heavy atom. The van der Waals surface area contributed by atoms with E-state index in [-0.39, 0.29) is 23.9 Å². The predicted molar refractivity (Wildman–Crippen MR) is 67.7 cm³/mol. The smallest absolute Gasteiger partial charge is 0.264 e. The van der Waals surface area contributed by atoms with Crippen molar-refractivity contribution in [3.05, 3.63) is 29.6 Å². The number of carbonyl (C=O) groups excluding carboxylic acids is 2. The van der Waals surface area contributed by atoms with Gasteiger partial charge < -0.3 is 9.64 Å². The van der Waals surface area contributed by atoms with Crippen molar-refractivity contribution in [2.75, 3.05) is 13.1 Å². The fourth-order valence-electron chi connectivity index (χ4n) is 2.17. The average Bonchev–Trinajstić information content (AvgIpc) is 2.39.